The van der Waals surface area contributed by atoms with Gasteiger partial charge in [0.1, 0.15) is 0 Å². The van der Waals surface area contributed by atoms with Gasteiger partial charge in [0, 0.05) is 5.02 Å². The lowest BCUT2D eigenvalue weighted by atomic mass is 10.0. The molecule has 0 saturated heterocycles. The highest BCUT2D eigenvalue weighted by Crippen LogP contribution is 2.17. The molecule has 13 heavy (non-hydrogen) atoms. The Morgan fingerprint density at radius 2 is 1.69 bits per heavy atom. The molecule has 0 aliphatic rings. The fraction of sp³-hybridized carbons (Fsp3) is 0.500. The van der Waals surface area contributed by atoms with E-state index in [9.17, 15) is 0 Å². The predicted octanol–water partition coefficient (Wildman–Crippen LogP) is 4.56. The van der Waals surface area contributed by atoms with E-state index in [0.717, 1.165) is 11.4 Å². The third kappa shape index (κ3) is 4.94. The predicted molar refractivity (Wildman–Crippen MR) is 61.3 cm³/mol. The molecule has 0 amide bonds. The molecule has 0 aliphatic carbocycles. The van der Waals surface area contributed by atoms with Gasteiger partial charge in [-0.15, -0.1) is 0 Å². The maximum atomic E-state index is 5.97. The Kier molecular flexibility index (Phi) is 6.70. The molecule has 0 aliphatic heterocycles. The molecule has 1 rings (SSSR count). The lowest BCUT2D eigenvalue weighted by Gasteiger charge is -2.05. The number of hydrogen-bond acceptors (Lipinski definition) is 0. The lowest BCUT2D eigenvalue weighted by molar-refractivity contribution is 0.647. The fourth-order valence-corrected chi connectivity index (χ4v) is 1.32. The molecule has 0 radical (unpaired) electrons. The van der Waals surface area contributed by atoms with E-state index in [-0.39, 0.29) is 0 Å². The second-order valence-corrected chi connectivity index (χ2v) is 3.60. The molecule has 74 valence electrons. The molecule has 1 aromatic carbocycles. The molecule has 0 atom stereocenters. The van der Waals surface area contributed by atoms with Crippen LogP contribution in [0.5, 0.6) is 0 Å². The Bertz CT molecular complexity index is 228. The van der Waals surface area contributed by atoms with Crippen molar-refractivity contribution >= 4 is 11.6 Å². The van der Waals surface area contributed by atoms with Crippen molar-refractivity contribution in [2.75, 3.05) is 0 Å². The van der Waals surface area contributed by atoms with Gasteiger partial charge in [-0.2, -0.15) is 0 Å². The SMILES string of the molecule is CC.CC(C)Cc1ccccc1Cl. The molecule has 1 aromatic rings. The summed E-state index contributed by atoms with van der Waals surface area (Å²) in [7, 11) is 0. The molecule has 0 bridgehead atoms. The molecule has 0 nitrogen and oxygen atoms in total. The van der Waals surface area contributed by atoms with Crippen LogP contribution in [0.25, 0.3) is 0 Å². The maximum absolute atomic E-state index is 5.97. The highest BCUT2D eigenvalue weighted by atomic mass is 35.5. The standard InChI is InChI=1S/C10H13Cl.C2H6/c1-8(2)7-9-5-3-4-6-10(9)11;1-2/h3-6,8H,7H2,1-2H3;1-2H3. The van der Waals surface area contributed by atoms with Crippen LogP contribution in [-0.4, -0.2) is 0 Å². The van der Waals surface area contributed by atoms with Gasteiger partial charge in [0.15, 0.2) is 0 Å². The summed E-state index contributed by atoms with van der Waals surface area (Å²) in [6, 6.07) is 8.03. The first-order valence-electron chi connectivity index (χ1n) is 4.93. The summed E-state index contributed by atoms with van der Waals surface area (Å²) in [6.45, 7) is 8.40. The first-order valence-corrected chi connectivity index (χ1v) is 5.31. The molecule has 0 saturated carbocycles. The second kappa shape index (κ2) is 6.97. The van der Waals surface area contributed by atoms with E-state index in [1.54, 1.807) is 0 Å². The molecule has 1 heteroatoms. The van der Waals surface area contributed by atoms with Crippen LogP contribution in [-0.2, 0) is 6.42 Å². The Morgan fingerprint density at radius 3 is 2.15 bits per heavy atom. The summed E-state index contributed by atoms with van der Waals surface area (Å²) < 4.78 is 0. The first-order chi connectivity index (χ1) is 6.20. The quantitative estimate of drug-likeness (QED) is 0.654. The highest BCUT2D eigenvalue weighted by Gasteiger charge is 2.00. The number of halogens is 1. The van der Waals surface area contributed by atoms with Crippen LogP contribution < -0.4 is 0 Å². The van der Waals surface area contributed by atoms with Crippen molar-refractivity contribution in [3.8, 4) is 0 Å². The van der Waals surface area contributed by atoms with Crippen molar-refractivity contribution in [3.63, 3.8) is 0 Å². The molecule has 0 fully saturated rings. The average Bonchev–Trinajstić information content (AvgIpc) is 2.12. The molecule has 0 heterocycles. The van der Waals surface area contributed by atoms with Crippen molar-refractivity contribution in [2.24, 2.45) is 5.92 Å². The Balaban J connectivity index is 0.000000671. The van der Waals surface area contributed by atoms with E-state index in [1.807, 2.05) is 32.0 Å². The average molecular weight is 199 g/mol. The minimum absolute atomic E-state index is 0.676. The van der Waals surface area contributed by atoms with Crippen LogP contribution in [0.3, 0.4) is 0 Å². The van der Waals surface area contributed by atoms with Gasteiger partial charge in [-0.1, -0.05) is 57.5 Å². The third-order valence-corrected chi connectivity index (χ3v) is 1.95. The van der Waals surface area contributed by atoms with E-state index >= 15 is 0 Å². The molecule has 0 unspecified atom stereocenters. The molecule has 0 N–H and O–H groups in total. The number of hydrogen-bond donors (Lipinski definition) is 0. The van der Waals surface area contributed by atoms with E-state index in [4.69, 9.17) is 11.6 Å². The molecular formula is C12H19Cl. The minimum atomic E-state index is 0.676. The number of benzene rings is 1. The Labute approximate surface area is 86.9 Å². The molecular weight excluding hydrogens is 180 g/mol. The van der Waals surface area contributed by atoms with Crippen molar-refractivity contribution in [1.82, 2.24) is 0 Å². The van der Waals surface area contributed by atoms with E-state index in [0.29, 0.717) is 5.92 Å². The van der Waals surface area contributed by atoms with Crippen molar-refractivity contribution in [3.05, 3.63) is 34.9 Å². The smallest absolute Gasteiger partial charge is 0.0438 e. The van der Waals surface area contributed by atoms with Gasteiger partial charge in [0.25, 0.3) is 0 Å². The summed E-state index contributed by atoms with van der Waals surface area (Å²) in [5.74, 6) is 0.676. The largest absolute Gasteiger partial charge is 0.0840 e. The van der Waals surface area contributed by atoms with Gasteiger partial charge in [0.2, 0.25) is 0 Å². The summed E-state index contributed by atoms with van der Waals surface area (Å²) in [6.07, 6.45) is 1.07. The zero-order valence-corrected chi connectivity index (χ0v) is 9.73. The van der Waals surface area contributed by atoms with Crippen LogP contribution in [0.2, 0.25) is 5.02 Å². The lowest BCUT2D eigenvalue weighted by Crippen LogP contribution is -1.93. The van der Waals surface area contributed by atoms with Crippen molar-refractivity contribution in [2.45, 2.75) is 34.1 Å². The van der Waals surface area contributed by atoms with Crippen LogP contribution in [0, 0.1) is 5.92 Å². The van der Waals surface area contributed by atoms with Gasteiger partial charge < -0.3 is 0 Å². The normalized spacial score (nSPS) is 9.38. The zero-order valence-electron chi connectivity index (χ0n) is 8.97. The maximum Gasteiger partial charge on any atom is 0.0438 e. The fourth-order valence-electron chi connectivity index (χ4n) is 1.10. The summed E-state index contributed by atoms with van der Waals surface area (Å²) in [5, 5.41) is 0.890. The summed E-state index contributed by atoms with van der Waals surface area (Å²) >= 11 is 5.97. The Hall–Kier alpha value is -0.490. The van der Waals surface area contributed by atoms with Crippen LogP contribution in [0.4, 0.5) is 0 Å². The van der Waals surface area contributed by atoms with Gasteiger partial charge in [-0.25, -0.2) is 0 Å². The van der Waals surface area contributed by atoms with Gasteiger partial charge in [0.05, 0.1) is 0 Å². The van der Waals surface area contributed by atoms with Crippen molar-refractivity contribution < 1.29 is 0 Å². The first kappa shape index (κ1) is 12.5. The van der Waals surface area contributed by atoms with Gasteiger partial charge in [-0.05, 0) is 24.0 Å². The van der Waals surface area contributed by atoms with Gasteiger partial charge >= 0.3 is 0 Å². The number of rotatable bonds is 2. The zero-order chi connectivity index (χ0) is 10.3. The van der Waals surface area contributed by atoms with Crippen LogP contribution in [0.15, 0.2) is 24.3 Å². The van der Waals surface area contributed by atoms with Gasteiger partial charge in [-0.3, -0.25) is 0 Å². The topological polar surface area (TPSA) is 0 Å². The van der Waals surface area contributed by atoms with Crippen LogP contribution in [0.1, 0.15) is 33.3 Å². The molecule has 0 aromatic heterocycles. The van der Waals surface area contributed by atoms with Crippen LogP contribution >= 0.6 is 11.6 Å². The third-order valence-electron chi connectivity index (χ3n) is 1.59. The van der Waals surface area contributed by atoms with Crippen molar-refractivity contribution in [1.29, 1.82) is 0 Å². The second-order valence-electron chi connectivity index (χ2n) is 3.19. The van der Waals surface area contributed by atoms with E-state index in [1.165, 1.54) is 5.56 Å². The summed E-state index contributed by atoms with van der Waals surface area (Å²) in [4.78, 5) is 0. The monoisotopic (exact) mass is 198 g/mol. The highest BCUT2D eigenvalue weighted by molar-refractivity contribution is 6.31. The van der Waals surface area contributed by atoms with E-state index < -0.39 is 0 Å². The van der Waals surface area contributed by atoms with E-state index in [2.05, 4.69) is 19.9 Å². The Morgan fingerprint density at radius 1 is 1.15 bits per heavy atom. The molecule has 0 spiro atoms. The minimum Gasteiger partial charge on any atom is -0.0840 e. The summed E-state index contributed by atoms with van der Waals surface area (Å²) in [5.41, 5.74) is 1.25.